The Morgan fingerprint density at radius 3 is 2.24 bits per heavy atom. The minimum absolute atomic E-state index is 0.0907. The van der Waals surface area contributed by atoms with E-state index in [-0.39, 0.29) is 28.9 Å². The molecule has 1 N–H and O–H groups in total. The maximum Gasteiger partial charge on any atom is 0.426 e. The van der Waals surface area contributed by atoms with Crippen LogP contribution in [0.2, 0.25) is 10.0 Å². The van der Waals surface area contributed by atoms with E-state index in [4.69, 9.17) is 44.3 Å². The van der Waals surface area contributed by atoms with E-state index in [0.29, 0.717) is 27.4 Å². The molecule has 2 aromatic carbocycles. The van der Waals surface area contributed by atoms with Gasteiger partial charge in [0, 0.05) is 5.41 Å². The van der Waals surface area contributed by atoms with Gasteiger partial charge in [-0.3, -0.25) is 0 Å². The minimum Gasteiger partial charge on any atom is -0.489 e. The number of hydrogen-bond acceptors (Lipinski definition) is 7. The van der Waals surface area contributed by atoms with E-state index in [9.17, 15) is 18.3 Å². The van der Waals surface area contributed by atoms with Crippen LogP contribution in [0.25, 0.3) is 0 Å². The van der Waals surface area contributed by atoms with Gasteiger partial charge in [0.15, 0.2) is 5.75 Å². The van der Waals surface area contributed by atoms with Crippen molar-refractivity contribution >= 4 is 56.6 Å². The van der Waals surface area contributed by atoms with Gasteiger partial charge in [-0.25, -0.2) is 23.2 Å². The van der Waals surface area contributed by atoms with Gasteiger partial charge in [-0.1, -0.05) is 49.2 Å². The number of alkyl halides is 1. The van der Waals surface area contributed by atoms with Crippen molar-refractivity contribution in [2.45, 2.75) is 25.9 Å². The van der Waals surface area contributed by atoms with Gasteiger partial charge < -0.3 is 14.6 Å². The molecule has 0 fully saturated rings. The van der Waals surface area contributed by atoms with Crippen LogP contribution < -0.4 is 13.8 Å². The Morgan fingerprint density at radius 2 is 1.70 bits per heavy atom. The molecule has 0 saturated carbocycles. The summed E-state index contributed by atoms with van der Waals surface area (Å²) in [6.45, 7) is 4.13. The molecule has 13 heteroatoms. The Balaban J connectivity index is 1.81. The first kappa shape index (κ1) is 28.8. The second-order valence-corrected chi connectivity index (χ2v) is 11.4. The maximum absolute atomic E-state index is 12.0. The third-order valence-electron chi connectivity index (χ3n) is 5.49. The average Bonchev–Trinajstić information content (AvgIpc) is 2.82. The van der Waals surface area contributed by atoms with Crippen molar-refractivity contribution in [3.63, 3.8) is 0 Å². The molecule has 3 aromatic rings. The number of carboxylic acid groups (broad SMARTS) is 1. The quantitative estimate of drug-likeness (QED) is 0.297. The molecule has 1 amide bonds. The number of amides is 1. The van der Waals surface area contributed by atoms with E-state index in [1.807, 2.05) is 26.0 Å². The molecule has 0 aliphatic heterocycles. The van der Waals surface area contributed by atoms with Crippen LogP contribution in [0.1, 0.15) is 30.7 Å². The van der Waals surface area contributed by atoms with Gasteiger partial charge in [0.2, 0.25) is 10.0 Å². The van der Waals surface area contributed by atoms with E-state index in [1.165, 1.54) is 6.33 Å². The highest BCUT2D eigenvalue weighted by Crippen LogP contribution is 2.40. The van der Waals surface area contributed by atoms with Crippen molar-refractivity contribution in [2.75, 3.05) is 23.0 Å². The molecule has 0 unspecified atom stereocenters. The van der Waals surface area contributed by atoms with Crippen LogP contribution in [0.3, 0.4) is 0 Å². The molecule has 0 aliphatic carbocycles. The van der Waals surface area contributed by atoms with Crippen LogP contribution >= 0.6 is 34.8 Å². The molecule has 0 atom stereocenters. The average molecular weight is 589 g/mol. The molecule has 3 rings (SSSR count). The lowest BCUT2D eigenvalue weighted by Crippen LogP contribution is -2.36. The molecule has 198 valence electrons. The van der Waals surface area contributed by atoms with Gasteiger partial charge in [-0.15, -0.1) is 11.6 Å². The Morgan fingerprint density at radius 1 is 1.08 bits per heavy atom. The number of carbonyl (C=O) groups is 1. The number of sulfonamides is 1. The number of hydrogen-bond donors (Lipinski definition) is 1. The molecule has 0 bridgehead atoms. The fourth-order valence-electron chi connectivity index (χ4n) is 3.54. The summed E-state index contributed by atoms with van der Waals surface area (Å²) >= 11 is 18.5. The molecule has 0 spiro atoms. The van der Waals surface area contributed by atoms with Crippen molar-refractivity contribution in [3.05, 3.63) is 75.8 Å². The number of rotatable bonds is 10. The first-order chi connectivity index (χ1) is 17.4. The number of anilines is 1. The number of aromatic nitrogens is 2. The normalized spacial score (nSPS) is 11.7. The minimum atomic E-state index is -4.12. The molecular weight excluding hydrogens is 565 g/mol. The molecule has 1 heterocycles. The lowest BCUT2D eigenvalue weighted by Gasteiger charge is -2.27. The molecule has 9 nitrogen and oxygen atoms in total. The van der Waals surface area contributed by atoms with Gasteiger partial charge in [-0.05, 0) is 35.4 Å². The predicted octanol–water partition coefficient (Wildman–Crippen LogP) is 5.75. The summed E-state index contributed by atoms with van der Waals surface area (Å²) < 4.78 is 35.5. The van der Waals surface area contributed by atoms with Crippen molar-refractivity contribution < 1.29 is 27.8 Å². The highest BCUT2D eigenvalue weighted by molar-refractivity contribution is 7.92. The molecule has 0 radical (unpaired) electrons. The van der Waals surface area contributed by atoms with E-state index in [0.717, 1.165) is 23.6 Å². The van der Waals surface area contributed by atoms with E-state index < -0.39 is 21.5 Å². The largest absolute Gasteiger partial charge is 0.489 e. The number of benzene rings is 2. The number of halogens is 3. The van der Waals surface area contributed by atoms with Crippen LogP contribution in [-0.4, -0.2) is 48.3 Å². The van der Waals surface area contributed by atoms with Crippen LogP contribution in [0.5, 0.6) is 11.5 Å². The first-order valence-corrected chi connectivity index (χ1v) is 13.9. The summed E-state index contributed by atoms with van der Waals surface area (Å²) in [5.74, 6) is 1.16. The van der Waals surface area contributed by atoms with E-state index >= 15 is 0 Å². The van der Waals surface area contributed by atoms with E-state index in [2.05, 4.69) is 9.97 Å². The second-order valence-electron chi connectivity index (χ2n) is 8.41. The predicted molar refractivity (Wildman–Crippen MR) is 143 cm³/mol. The van der Waals surface area contributed by atoms with Gasteiger partial charge in [0.1, 0.15) is 36.7 Å². The first-order valence-electron chi connectivity index (χ1n) is 10.8. The van der Waals surface area contributed by atoms with Crippen LogP contribution in [-0.2, 0) is 22.0 Å². The van der Waals surface area contributed by atoms with Gasteiger partial charge >= 0.3 is 6.09 Å². The summed E-state index contributed by atoms with van der Waals surface area (Å²) in [6.07, 6.45) is 1.39. The second kappa shape index (κ2) is 11.7. The molecular formula is C24H24Cl3N3O6S. The summed E-state index contributed by atoms with van der Waals surface area (Å²) in [5, 5.41) is 10.1. The zero-order valence-corrected chi connectivity index (χ0v) is 23.2. The fraction of sp³-hybridized carbons (Fsp3) is 0.292. The van der Waals surface area contributed by atoms with Gasteiger partial charge in [-0.2, -0.15) is 4.31 Å². The summed E-state index contributed by atoms with van der Waals surface area (Å²) in [5.41, 5.74) is 1.22. The van der Waals surface area contributed by atoms with Crippen molar-refractivity contribution in [2.24, 2.45) is 0 Å². The smallest absolute Gasteiger partial charge is 0.426 e. The summed E-state index contributed by atoms with van der Waals surface area (Å²) in [4.78, 5) is 19.3. The summed E-state index contributed by atoms with van der Waals surface area (Å²) in [7, 11) is -4.12. The SMILES string of the molecule is CC(C)(c1ccc(OCc2ncncc2N(C(=O)O)S(C)(=O)=O)cc1)c1cc(Cl)c(OCCCl)c(Cl)c1. The third kappa shape index (κ3) is 6.75. The molecule has 0 aliphatic rings. The zero-order chi connectivity index (χ0) is 27.4. The summed E-state index contributed by atoms with van der Waals surface area (Å²) in [6, 6.07) is 10.8. The van der Waals surface area contributed by atoms with Gasteiger partial charge in [0.25, 0.3) is 0 Å². The fourth-order valence-corrected chi connectivity index (χ4v) is 5.00. The van der Waals surface area contributed by atoms with Crippen LogP contribution in [0.15, 0.2) is 48.9 Å². The molecule has 37 heavy (non-hydrogen) atoms. The van der Waals surface area contributed by atoms with Crippen LogP contribution in [0, 0.1) is 0 Å². The zero-order valence-electron chi connectivity index (χ0n) is 20.1. The Kier molecular flexibility index (Phi) is 9.12. The molecule has 1 aromatic heterocycles. The topological polar surface area (TPSA) is 119 Å². The van der Waals surface area contributed by atoms with Gasteiger partial charge in [0.05, 0.1) is 28.4 Å². The lowest BCUT2D eigenvalue weighted by molar-refractivity contribution is 0.206. The molecule has 0 saturated heterocycles. The Hall–Kier alpha value is -2.79. The van der Waals surface area contributed by atoms with Crippen molar-refractivity contribution in [3.8, 4) is 11.5 Å². The third-order valence-corrected chi connectivity index (χ3v) is 7.22. The maximum atomic E-state index is 12.0. The van der Waals surface area contributed by atoms with Crippen molar-refractivity contribution in [1.82, 2.24) is 9.97 Å². The number of nitrogens with zero attached hydrogens (tertiary/aromatic N) is 3. The number of ether oxygens (including phenoxy) is 2. The monoisotopic (exact) mass is 587 g/mol. The Bertz CT molecular complexity index is 1360. The highest BCUT2D eigenvalue weighted by atomic mass is 35.5. The Labute approximate surface area is 230 Å². The highest BCUT2D eigenvalue weighted by Gasteiger charge is 2.29. The standard InChI is InChI=1S/C24H24Cl3N3O6S/c1-24(2,16-10-18(26)22(19(27)11-16)35-9-8-25)15-4-6-17(7-5-15)36-13-20-21(12-28-14-29-20)30(23(31)32)37(3,33)34/h4-7,10-12,14H,8-9,13H2,1-3H3,(H,31,32). The van der Waals surface area contributed by atoms with Crippen molar-refractivity contribution in [1.29, 1.82) is 0 Å². The van der Waals surface area contributed by atoms with Crippen LogP contribution in [0.4, 0.5) is 10.5 Å². The van der Waals surface area contributed by atoms with E-state index in [1.54, 1.807) is 24.3 Å². The lowest BCUT2D eigenvalue weighted by atomic mass is 9.78.